The first-order valence-corrected chi connectivity index (χ1v) is 8.07. The third-order valence-electron chi connectivity index (χ3n) is 2.68. The van der Waals surface area contributed by atoms with Gasteiger partial charge in [0, 0.05) is 26.0 Å². The van der Waals surface area contributed by atoms with Crippen LogP contribution in [0.15, 0.2) is 43.7 Å². The minimum absolute atomic E-state index is 0.341. The number of halogens is 4. The van der Waals surface area contributed by atoms with Crippen molar-refractivity contribution in [3.05, 3.63) is 65.2 Å². The Morgan fingerprint density at radius 2 is 1.76 bits per heavy atom. The van der Waals surface area contributed by atoms with Crippen LogP contribution < -0.4 is 5.32 Å². The van der Waals surface area contributed by atoms with Crippen LogP contribution in [0.2, 0.25) is 0 Å². The summed E-state index contributed by atoms with van der Waals surface area (Å²) in [6.07, 6.45) is 0. The maximum absolute atomic E-state index is 13.5. The zero-order valence-electron chi connectivity index (χ0n) is 10.4. The van der Waals surface area contributed by atoms with Crippen molar-refractivity contribution < 1.29 is 9.31 Å². The monoisotopic (exact) mass is 480 g/mol. The Kier molecular flexibility index (Phi) is 5.34. The number of hydrogen-bond donors (Lipinski definition) is 1. The van der Waals surface area contributed by atoms with Gasteiger partial charge >= 0.3 is 5.69 Å². The summed E-state index contributed by atoms with van der Waals surface area (Å²) >= 11 is 10.2. The van der Waals surface area contributed by atoms with Gasteiger partial charge in [-0.1, -0.05) is 22.0 Å². The van der Waals surface area contributed by atoms with Crippen LogP contribution in [0.25, 0.3) is 0 Å². The predicted octanol–water partition coefficient (Wildman–Crippen LogP) is 5.63. The molecule has 0 aliphatic heterocycles. The maximum Gasteiger partial charge on any atom is 0.304 e. The average Bonchev–Trinajstić information content (AvgIpc) is 2.36. The van der Waals surface area contributed by atoms with E-state index in [0.717, 1.165) is 31.2 Å². The molecule has 0 atom stereocenters. The highest BCUT2D eigenvalue weighted by molar-refractivity contribution is 9.11. The molecule has 0 fully saturated rings. The Balaban J connectivity index is 2.17. The summed E-state index contributed by atoms with van der Waals surface area (Å²) in [5.41, 5.74) is 0.904. The summed E-state index contributed by atoms with van der Waals surface area (Å²) in [5, 5.41) is 13.7. The minimum atomic E-state index is -0.840. The number of nitro benzene ring substituents is 1. The van der Waals surface area contributed by atoms with Crippen molar-refractivity contribution in [2.75, 3.05) is 5.32 Å². The Hall–Kier alpha value is -0.990. The van der Waals surface area contributed by atoms with E-state index >= 15 is 0 Å². The van der Waals surface area contributed by atoms with E-state index in [2.05, 4.69) is 53.1 Å². The van der Waals surface area contributed by atoms with E-state index in [0.29, 0.717) is 12.1 Å². The van der Waals surface area contributed by atoms with Crippen LogP contribution in [0.4, 0.5) is 15.8 Å². The molecule has 1 N–H and O–H groups in total. The third-order valence-corrected chi connectivity index (χ3v) is 4.39. The van der Waals surface area contributed by atoms with Crippen LogP contribution in [0.5, 0.6) is 0 Å². The number of benzene rings is 2. The number of anilines is 1. The van der Waals surface area contributed by atoms with Crippen molar-refractivity contribution in [3.8, 4) is 0 Å². The van der Waals surface area contributed by atoms with Crippen molar-refractivity contribution in [2.45, 2.75) is 6.54 Å². The molecule has 4 nitrogen and oxygen atoms in total. The number of rotatable bonds is 4. The molecule has 0 aliphatic rings. The number of nitrogens with one attached hydrogen (secondary N) is 1. The molecule has 0 heterocycles. The summed E-state index contributed by atoms with van der Waals surface area (Å²) in [6.45, 7) is 0.341. The summed E-state index contributed by atoms with van der Waals surface area (Å²) < 4.78 is 16.1. The van der Waals surface area contributed by atoms with Crippen LogP contribution in [-0.2, 0) is 6.54 Å². The molecular weight excluding hydrogens is 475 g/mol. The summed E-state index contributed by atoms with van der Waals surface area (Å²) in [5.74, 6) is -0.840. The van der Waals surface area contributed by atoms with Gasteiger partial charge in [-0.2, -0.15) is 4.39 Å². The Labute approximate surface area is 145 Å². The molecule has 0 aromatic heterocycles. The van der Waals surface area contributed by atoms with Gasteiger partial charge in [0.05, 0.1) is 10.6 Å². The van der Waals surface area contributed by atoms with E-state index in [1.807, 2.05) is 12.1 Å². The normalized spacial score (nSPS) is 10.5. The van der Waals surface area contributed by atoms with E-state index in [9.17, 15) is 14.5 Å². The highest BCUT2D eigenvalue weighted by Crippen LogP contribution is 2.34. The molecule has 8 heteroatoms. The number of nitro groups is 1. The second-order valence-corrected chi connectivity index (χ2v) is 6.77. The first-order valence-electron chi connectivity index (χ1n) is 5.69. The largest absolute Gasteiger partial charge is 0.379 e. The van der Waals surface area contributed by atoms with Crippen molar-refractivity contribution in [3.63, 3.8) is 0 Å². The molecule has 0 spiro atoms. The Bertz CT molecular complexity index is 687. The first-order chi connectivity index (χ1) is 9.88. The van der Waals surface area contributed by atoms with Crippen molar-refractivity contribution in [2.24, 2.45) is 0 Å². The standard InChI is InChI=1S/C13H8Br3FN2O2/c14-8-4-9(15)13(10(16)5-8)18-6-7-1-2-12(19(20)21)11(17)3-7/h1-5,18H,6H2. The lowest BCUT2D eigenvalue weighted by Crippen LogP contribution is -2.02. The number of hydrogen-bond acceptors (Lipinski definition) is 3. The zero-order valence-corrected chi connectivity index (χ0v) is 15.1. The molecule has 0 saturated heterocycles. The average molecular weight is 483 g/mol. The van der Waals surface area contributed by atoms with Crippen LogP contribution in [0.3, 0.4) is 0 Å². The lowest BCUT2D eigenvalue weighted by atomic mass is 10.2. The molecular formula is C13H8Br3FN2O2. The lowest BCUT2D eigenvalue weighted by Gasteiger charge is -2.11. The van der Waals surface area contributed by atoms with Gasteiger partial charge in [-0.25, -0.2) is 0 Å². The summed E-state index contributed by atoms with van der Waals surface area (Å²) in [4.78, 5) is 9.83. The van der Waals surface area contributed by atoms with Crippen molar-refractivity contribution >= 4 is 59.2 Å². The highest BCUT2D eigenvalue weighted by atomic mass is 79.9. The molecule has 0 bridgehead atoms. The smallest absolute Gasteiger partial charge is 0.304 e. The molecule has 110 valence electrons. The summed E-state index contributed by atoms with van der Waals surface area (Å²) in [7, 11) is 0. The van der Waals surface area contributed by atoms with E-state index < -0.39 is 16.4 Å². The fourth-order valence-electron chi connectivity index (χ4n) is 1.71. The Morgan fingerprint density at radius 1 is 1.14 bits per heavy atom. The molecule has 0 saturated carbocycles. The van der Waals surface area contributed by atoms with Crippen LogP contribution in [-0.4, -0.2) is 4.92 Å². The van der Waals surface area contributed by atoms with Gasteiger partial charge in [0.2, 0.25) is 5.82 Å². The summed E-state index contributed by atoms with van der Waals surface area (Å²) in [6, 6.07) is 7.60. The third kappa shape index (κ3) is 4.02. The van der Waals surface area contributed by atoms with E-state index in [4.69, 9.17) is 0 Å². The van der Waals surface area contributed by atoms with Gasteiger partial charge in [0.1, 0.15) is 0 Å². The molecule has 0 aliphatic carbocycles. The first kappa shape index (κ1) is 16.4. The van der Waals surface area contributed by atoms with Gasteiger partial charge in [-0.15, -0.1) is 0 Å². The van der Waals surface area contributed by atoms with Gasteiger partial charge < -0.3 is 5.32 Å². The maximum atomic E-state index is 13.5. The topological polar surface area (TPSA) is 55.2 Å². The predicted molar refractivity (Wildman–Crippen MR) is 89.9 cm³/mol. The lowest BCUT2D eigenvalue weighted by molar-refractivity contribution is -0.387. The Morgan fingerprint density at radius 3 is 2.29 bits per heavy atom. The fourth-order valence-corrected chi connectivity index (χ4v) is 4.25. The van der Waals surface area contributed by atoms with Crippen LogP contribution >= 0.6 is 47.8 Å². The molecule has 2 aromatic carbocycles. The van der Waals surface area contributed by atoms with Gasteiger partial charge in [0.25, 0.3) is 0 Å². The quantitative estimate of drug-likeness (QED) is 0.453. The molecule has 2 rings (SSSR count). The molecule has 0 radical (unpaired) electrons. The van der Waals surface area contributed by atoms with Crippen molar-refractivity contribution in [1.29, 1.82) is 0 Å². The highest BCUT2D eigenvalue weighted by Gasteiger charge is 2.14. The second kappa shape index (κ2) is 6.85. The molecule has 2 aromatic rings. The van der Waals surface area contributed by atoms with Gasteiger partial charge in [0.15, 0.2) is 0 Å². The fraction of sp³-hybridized carbons (Fsp3) is 0.0769. The van der Waals surface area contributed by atoms with Crippen LogP contribution in [0.1, 0.15) is 5.56 Å². The molecule has 0 unspecified atom stereocenters. The van der Waals surface area contributed by atoms with E-state index in [1.165, 1.54) is 6.07 Å². The minimum Gasteiger partial charge on any atom is -0.379 e. The van der Waals surface area contributed by atoms with Gasteiger partial charge in [-0.05, 0) is 55.6 Å². The van der Waals surface area contributed by atoms with Crippen LogP contribution in [0, 0.1) is 15.9 Å². The molecule has 21 heavy (non-hydrogen) atoms. The molecule has 0 amide bonds. The SMILES string of the molecule is O=[N+]([O-])c1ccc(CNc2c(Br)cc(Br)cc2Br)cc1F. The van der Waals surface area contributed by atoms with E-state index in [-0.39, 0.29) is 0 Å². The van der Waals surface area contributed by atoms with E-state index in [1.54, 1.807) is 0 Å². The van der Waals surface area contributed by atoms with Crippen molar-refractivity contribution in [1.82, 2.24) is 0 Å². The second-order valence-electron chi connectivity index (χ2n) is 4.14. The van der Waals surface area contributed by atoms with Gasteiger partial charge in [-0.3, -0.25) is 10.1 Å². The zero-order chi connectivity index (χ0) is 15.6. The number of nitrogens with zero attached hydrogens (tertiary/aromatic N) is 1.